The van der Waals surface area contributed by atoms with Gasteiger partial charge in [0.1, 0.15) is 11.6 Å². The molecule has 1 atom stereocenters. The maximum absolute atomic E-state index is 12.1. The largest absolute Gasteiger partial charge is 0.376 e. The highest BCUT2D eigenvalue weighted by atomic mass is 32.2. The number of primary amides is 1. The molecule has 2 amide bonds. The van der Waals surface area contributed by atoms with Gasteiger partial charge in [0.2, 0.25) is 11.8 Å². The van der Waals surface area contributed by atoms with Gasteiger partial charge in [0.15, 0.2) is 11.0 Å². The maximum atomic E-state index is 12.1. The van der Waals surface area contributed by atoms with Crippen molar-refractivity contribution < 1.29 is 18.8 Å². The van der Waals surface area contributed by atoms with E-state index < -0.39 is 5.91 Å². The first-order valence-corrected chi connectivity index (χ1v) is 9.68. The second-order valence-electron chi connectivity index (χ2n) is 6.27. The van der Waals surface area contributed by atoms with Gasteiger partial charge in [-0.3, -0.25) is 9.59 Å². The van der Waals surface area contributed by atoms with Crippen LogP contribution in [0.25, 0.3) is 0 Å². The second kappa shape index (κ2) is 9.00. The van der Waals surface area contributed by atoms with Crippen molar-refractivity contribution in [3.05, 3.63) is 17.7 Å². The minimum absolute atomic E-state index is 0.0830. The molecular weight excluding hydrogens is 372 g/mol. The lowest BCUT2D eigenvalue weighted by molar-refractivity contribution is -0.118. The van der Waals surface area contributed by atoms with Crippen LogP contribution in [0.3, 0.4) is 0 Å². The molecular formula is C16H22N6O4S. The summed E-state index contributed by atoms with van der Waals surface area (Å²) in [5, 5.41) is 15.3. The van der Waals surface area contributed by atoms with Crippen LogP contribution >= 0.6 is 11.8 Å². The van der Waals surface area contributed by atoms with Gasteiger partial charge in [-0.05, 0) is 19.8 Å². The van der Waals surface area contributed by atoms with Crippen molar-refractivity contribution in [1.82, 2.24) is 19.9 Å². The van der Waals surface area contributed by atoms with E-state index >= 15 is 0 Å². The first-order chi connectivity index (χ1) is 13.0. The van der Waals surface area contributed by atoms with Crippen molar-refractivity contribution in [2.24, 2.45) is 5.73 Å². The molecule has 1 aliphatic rings. The van der Waals surface area contributed by atoms with E-state index in [9.17, 15) is 9.59 Å². The highest BCUT2D eigenvalue weighted by Gasteiger charge is 2.21. The Morgan fingerprint density at radius 3 is 2.96 bits per heavy atom. The van der Waals surface area contributed by atoms with Crippen LogP contribution in [0.5, 0.6) is 0 Å². The number of nitrogens with two attached hydrogens (primary N) is 1. The third kappa shape index (κ3) is 5.54. The van der Waals surface area contributed by atoms with Gasteiger partial charge in [-0.15, -0.1) is 10.2 Å². The summed E-state index contributed by atoms with van der Waals surface area (Å²) in [5.74, 6) is 1.19. The number of ether oxygens (including phenoxy) is 1. The summed E-state index contributed by atoms with van der Waals surface area (Å²) in [7, 11) is 0. The van der Waals surface area contributed by atoms with Crippen molar-refractivity contribution in [3.8, 4) is 0 Å². The smallest absolute Gasteiger partial charge is 0.236 e. The highest BCUT2D eigenvalue weighted by molar-refractivity contribution is 7.99. The zero-order chi connectivity index (χ0) is 19.2. The van der Waals surface area contributed by atoms with Gasteiger partial charge in [-0.25, -0.2) is 0 Å². The number of nitrogens with one attached hydrogen (secondary N) is 1. The van der Waals surface area contributed by atoms with Crippen LogP contribution in [-0.2, 0) is 27.3 Å². The van der Waals surface area contributed by atoms with E-state index in [1.807, 2.05) is 4.57 Å². The van der Waals surface area contributed by atoms with E-state index in [-0.39, 0.29) is 24.2 Å². The van der Waals surface area contributed by atoms with Gasteiger partial charge in [-0.2, -0.15) is 0 Å². The molecule has 3 heterocycles. The Kier molecular flexibility index (Phi) is 6.45. The topological polar surface area (TPSA) is 138 Å². The molecule has 146 valence electrons. The Morgan fingerprint density at radius 1 is 1.44 bits per heavy atom. The maximum Gasteiger partial charge on any atom is 0.236 e. The molecule has 0 bridgehead atoms. The van der Waals surface area contributed by atoms with Gasteiger partial charge in [0, 0.05) is 25.5 Å². The van der Waals surface area contributed by atoms with E-state index in [0.29, 0.717) is 35.5 Å². The molecule has 0 aliphatic carbocycles. The van der Waals surface area contributed by atoms with Crippen LogP contribution in [0, 0.1) is 6.92 Å². The predicted octanol–water partition coefficient (Wildman–Crippen LogP) is 0.902. The SMILES string of the molecule is Cc1cc(NC(=O)CSc2nnc(CCC(N)=O)n2C[C@H]2CCCO2)no1. The van der Waals surface area contributed by atoms with E-state index in [2.05, 4.69) is 20.7 Å². The van der Waals surface area contributed by atoms with Crippen LogP contribution in [0.4, 0.5) is 5.82 Å². The molecule has 1 saturated heterocycles. The van der Waals surface area contributed by atoms with Gasteiger partial charge < -0.3 is 24.9 Å². The molecule has 0 unspecified atom stereocenters. The number of thioether (sulfide) groups is 1. The van der Waals surface area contributed by atoms with Crippen molar-refractivity contribution in [2.75, 3.05) is 17.7 Å². The molecule has 0 aromatic carbocycles. The van der Waals surface area contributed by atoms with Crippen LogP contribution < -0.4 is 11.1 Å². The molecule has 11 heteroatoms. The molecule has 1 aliphatic heterocycles. The molecule has 0 saturated carbocycles. The summed E-state index contributed by atoms with van der Waals surface area (Å²) in [5.41, 5.74) is 5.24. The first kappa shape index (κ1) is 19.4. The molecule has 2 aromatic heterocycles. The Morgan fingerprint density at radius 2 is 2.30 bits per heavy atom. The number of carbonyl (C=O) groups is 2. The van der Waals surface area contributed by atoms with E-state index in [1.165, 1.54) is 11.8 Å². The van der Waals surface area contributed by atoms with Crippen molar-refractivity contribution in [3.63, 3.8) is 0 Å². The normalized spacial score (nSPS) is 16.6. The molecule has 2 aromatic rings. The number of hydrogen-bond donors (Lipinski definition) is 2. The average molecular weight is 394 g/mol. The molecule has 27 heavy (non-hydrogen) atoms. The average Bonchev–Trinajstić information content (AvgIpc) is 3.35. The Bertz CT molecular complexity index is 799. The van der Waals surface area contributed by atoms with Crippen LogP contribution in [0.15, 0.2) is 15.7 Å². The summed E-state index contributed by atoms with van der Waals surface area (Å²) in [4.78, 5) is 23.2. The summed E-state index contributed by atoms with van der Waals surface area (Å²) in [6.45, 7) is 3.08. The van der Waals surface area contributed by atoms with Gasteiger partial charge in [0.05, 0.1) is 18.4 Å². The van der Waals surface area contributed by atoms with Crippen molar-refractivity contribution in [1.29, 1.82) is 0 Å². The lowest BCUT2D eigenvalue weighted by Gasteiger charge is -2.14. The van der Waals surface area contributed by atoms with Crippen LogP contribution in [0.2, 0.25) is 0 Å². The van der Waals surface area contributed by atoms with E-state index in [1.54, 1.807) is 13.0 Å². The molecule has 3 rings (SSSR count). The van der Waals surface area contributed by atoms with Crippen LogP contribution in [-0.4, -0.2) is 50.2 Å². The number of anilines is 1. The number of carbonyl (C=O) groups excluding carboxylic acids is 2. The van der Waals surface area contributed by atoms with Crippen molar-refractivity contribution >= 4 is 29.4 Å². The molecule has 1 fully saturated rings. The monoisotopic (exact) mass is 394 g/mol. The summed E-state index contributed by atoms with van der Waals surface area (Å²) < 4.78 is 12.5. The molecule has 0 radical (unpaired) electrons. The highest BCUT2D eigenvalue weighted by Crippen LogP contribution is 2.22. The Hall–Kier alpha value is -2.40. The third-order valence-corrected chi connectivity index (χ3v) is 4.99. The molecule has 10 nitrogen and oxygen atoms in total. The number of nitrogens with zero attached hydrogens (tertiary/aromatic N) is 4. The van der Waals surface area contributed by atoms with Crippen molar-refractivity contribution in [2.45, 2.75) is 50.4 Å². The number of aryl methyl sites for hydroxylation is 2. The van der Waals surface area contributed by atoms with Gasteiger partial charge in [0.25, 0.3) is 0 Å². The number of hydrogen-bond acceptors (Lipinski definition) is 8. The zero-order valence-electron chi connectivity index (χ0n) is 15.0. The quantitative estimate of drug-likeness (QED) is 0.598. The Labute approximate surface area is 160 Å². The number of aromatic nitrogens is 4. The molecule has 3 N–H and O–H groups in total. The predicted molar refractivity (Wildman–Crippen MR) is 97.1 cm³/mol. The number of rotatable bonds is 9. The number of amides is 2. The van der Waals surface area contributed by atoms with Gasteiger partial charge >= 0.3 is 0 Å². The fourth-order valence-electron chi connectivity index (χ4n) is 2.76. The standard InChI is InChI=1S/C16H22N6O4S/c1-10-7-13(21-26-10)18-15(24)9-27-16-20-19-14(5-4-12(17)23)22(16)8-11-3-2-6-25-11/h7,11H,2-6,8-9H2,1H3,(H2,17,23)(H,18,21,24)/t11-/m1/s1. The third-order valence-electron chi connectivity index (χ3n) is 4.03. The summed E-state index contributed by atoms with van der Waals surface area (Å²) in [6, 6.07) is 1.64. The second-order valence-corrected chi connectivity index (χ2v) is 7.21. The minimum Gasteiger partial charge on any atom is -0.376 e. The minimum atomic E-state index is -0.391. The Balaban J connectivity index is 1.63. The lowest BCUT2D eigenvalue weighted by Crippen LogP contribution is -2.20. The summed E-state index contributed by atoms with van der Waals surface area (Å²) in [6.07, 6.45) is 2.66. The van der Waals surface area contributed by atoms with Gasteiger partial charge in [-0.1, -0.05) is 16.9 Å². The lowest BCUT2D eigenvalue weighted by atomic mass is 10.2. The first-order valence-electron chi connectivity index (χ1n) is 8.69. The zero-order valence-corrected chi connectivity index (χ0v) is 15.8. The van der Waals surface area contributed by atoms with Crippen LogP contribution in [0.1, 0.15) is 30.8 Å². The summed E-state index contributed by atoms with van der Waals surface area (Å²) >= 11 is 1.27. The van der Waals surface area contributed by atoms with E-state index in [0.717, 1.165) is 19.4 Å². The molecule has 0 spiro atoms. The van der Waals surface area contributed by atoms with E-state index in [4.69, 9.17) is 15.0 Å². The fourth-order valence-corrected chi connectivity index (χ4v) is 3.52. The fraction of sp³-hybridized carbons (Fsp3) is 0.562.